The van der Waals surface area contributed by atoms with Crippen LogP contribution in [0, 0.1) is 10.1 Å². The summed E-state index contributed by atoms with van der Waals surface area (Å²) in [7, 11) is 0. The highest BCUT2D eigenvalue weighted by atomic mass is 35.5. The minimum absolute atomic E-state index is 0.00410. The molecule has 0 aliphatic heterocycles. The Morgan fingerprint density at radius 2 is 1.77 bits per heavy atom. The Balaban J connectivity index is 1.77. The third kappa shape index (κ3) is 4.02. The number of non-ortho nitro benzene ring substituents is 1. The van der Waals surface area contributed by atoms with Gasteiger partial charge in [-0.2, -0.15) is 0 Å². The number of rotatable bonds is 5. The van der Waals surface area contributed by atoms with Crippen molar-refractivity contribution in [1.29, 1.82) is 0 Å². The van der Waals surface area contributed by atoms with Gasteiger partial charge in [0.15, 0.2) is 5.78 Å². The van der Waals surface area contributed by atoms with Crippen LogP contribution in [0.1, 0.15) is 16.1 Å². The molecule has 0 saturated carbocycles. The number of allylic oxidation sites excluding steroid dienone is 1. The van der Waals surface area contributed by atoms with Crippen molar-refractivity contribution >= 4 is 40.7 Å². The van der Waals surface area contributed by atoms with Crippen molar-refractivity contribution < 1.29 is 14.1 Å². The van der Waals surface area contributed by atoms with Crippen molar-refractivity contribution in [2.75, 3.05) is 0 Å². The van der Waals surface area contributed by atoms with Crippen LogP contribution in [0.3, 0.4) is 0 Å². The second-order valence-corrected chi connectivity index (χ2v) is 6.17. The fourth-order valence-electron chi connectivity index (χ4n) is 2.28. The summed E-state index contributed by atoms with van der Waals surface area (Å²) in [6.45, 7) is 0. The van der Waals surface area contributed by atoms with Crippen molar-refractivity contribution in [3.8, 4) is 11.3 Å². The minimum Gasteiger partial charge on any atom is -0.457 e. The zero-order valence-corrected chi connectivity index (χ0v) is 14.7. The fourth-order valence-corrected chi connectivity index (χ4v) is 2.66. The summed E-state index contributed by atoms with van der Waals surface area (Å²) >= 11 is 11.9. The monoisotopic (exact) mass is 387 g/mol. The van der Waals surface area contributed by atoms with Gasteiger partial charge in [0.2, 0.25) is 0 Å². The van der Waals surface area contributed by atoms with Gasteiger partial charge in [-0.3, -0.25) is 14.9 Å². The standard InChI is InChI=1S/C19H11Cl2NO4/c20-13-3-8-17(21)16(11-13)18(23)9-6-15-7-10-19(26-15)12-1-4-14(5-2-12)22(24)25/h1-11H/b9-6+. The molecular weight excluding hydrogens is 377 g/mol. The lowest BCUT2D eigenvalue weighted by Crippen LogP contribution is -1.95. The second-order valence-electron chi connectivity index (χ2n) is 5.33. The lowest BCUT2D eigenvalue weighted by atomic mass is 10.1. The summed E-state index contributed by atoms with van der Waals surface area (Å²) in [5, 5.41) is 11.4. The van der Waals surface area contributed by atoms with Gasteiger partial charge in [-0.15, -0.1) is 0 Å². The van der Waals surface area contributed by atoms with Gasteiger partial charge in [-0.1, -0.05) is 23.2 Å². The first-order valence-corrected chi connectivity index (χ1v) is 8.22. The number of nitrogens with zero attached hydrogens (tertiary/aromatic N) is 1. The predicted molar refractivity (Wildman–Crippen MR) is 101 cm³/mol. The van der Waals surface area contributed by atoms with Crippen LogP contribution >= 0.6 is 23.2 Å². The number of ketones is 1. The number of hydrogen-bond acceptors (Lipinski definition) is 4. The third-order valence-electron chi connectivity index (χ3n) is 3.58. The second kappa shape index (κ2) is 7.56. The summed E-state index contributed by atoms with van der Waals surface area (Å²) in [5.74, 6) is 0.698. The van der Waals surface area contributed by atoms with Crippen LogP contribution in [0.2, 0.25) is 10.0 Å². The third-order valence-corrected chi connectivity index (χ3v) is 4.15. The molecule has 0 fully saturated rings. The minimum atomic E-state index is -0.466. The zero-order valence-electron chi connectivity index (χ0n) is 13.2. The molecule has 0 atom stereocenters. The molecule has 0 unspecified atom stereocenters. The number of hydrogen-bond donors (Lipinski definition) is 0. The average Bonchev–Trinajstić information content (AvgIpc) is 3.11. The van der Waals surface area contributed by atoms with Crippen LogP contribution in [0.5, 0.6) is 0 Å². The van der Waals surface area contributed by atoms with E-state index in [-0.39, 0.29) is 11.5 Å². The van der Waals surface area contributed by atoms with Crippen molar-refractivity contribution in [3.63, 3.8) is 0 Å². The van der Waals surface area contributed by atoms with E-state index in [2.05, 4.69) is 0 Å². The van der Waals surface area contributed by atoms with Crippen LogP contribution in [0.4, 0.5) is 5.69 Å². The van der Waals surface area contributed by atoms with Gasteiger partial charge in [0, 0.05) is 28.3 Å². The lowest BCUT2D eigenvalue weighted by Gasteiger charge is -2.00. The molecule has 0 aliphatic carbocycles. The molecule has 1 aromatic heterocycles. The van der Waals surface area contributed by atoms with Crippen molar-refractivity contribution in [1.82, 2.24) is 0 Å². The Bertz CT molecular complexity index is 1010. The van der Waals surface area contributed by atoms with E-state index >= 15 is 0 Å². The SMILES string of the molecule is O=C(/C=C/c1ccc(-c2ccc([N+](=O)[O-])cc2)o1)c1cc(Cl)ccc1Cl. The van der Waals surface area contributed by atoms with E-state index in [1.807, 2.05) is 0 Å². The highest BCUT2D eigenvalue weighted by Gasteiger charge is 2.10. The Morgan fingerprint density at radius 3 is 2.46 bits per heavy atom. The van der Waals surface area contributed by atoms with Crippen molar-refractivity contribution in [2.45, 2.75) is 0 Å². The quantitative estimate of drug-likeness (QED) is 0.231. The molecule has 26 heavy (non-hydrogen) atoms. The van der Waals surface area contributed by atoms with E-state index in [1.165, 1.54) is 30.4 Å². The van der Waals surface area contributed by atoms with E-state index < -0.39 is 4.92 Å². The number of nitro benzene ring substituents is 1. The van der Waals surface area contributed by atoms with Crippen LogP contribution in [0.25, 0.3) is 17.4 Å². The van der Waals surface area contributed by atoms with Gasteiger partial charge in [0.25, 0.3) is 5.69 Å². The molecular formula is C19H11Cl2NO4. The molecule has 3 aromatic rings. The van der Waals surface area contributed by atoms with Crippen LogP contribution in [0.15, 0.2) is 65.1 Å². The molecule has 7 heteroatoms. The first-order valence-electron chi connectivity index (χ1n) is 7.46. The van der Waals surface area contributed by atoms with Crippen LogP contribution in [-0.4, -0.2) is 10.7 Å². The van der Waals surface area contributed by atoms with Gasteiger partial charge in [-0.25, -0.2) is 0 Å². The topological polar surface area (TPSA) is 73.3 Å². The number of carbonyl (C=O) groups excluding carboxylic acids is 1. The maximum atomic E-state index is 12.2. The van der Waals surface area contributed by atoms with Crippen molar-refractivity contribution in [2.24, 2.45) is 0 Å². The lowest BCUT2D eigenvalue weighted by molar-refractivity contribution is -0.384. The summed E-state index contributed by atoms with van der Waals surface area (Å²) in [6, 6.07) is 14.1. The summed E-state index contributed by atoms with van der Waals surface area (Å²) in [5.41, 5.74) is 1.00. The normalized spacial score (nSPS) is 11.0. The molecule has 1 heterocycles. The van der Waals surface area contributed by atoms with Gasteiger partial charge < -0.3 is 4.42 Å². The number of nitro groups is 1. The van der Waals surface area contributed by atoms with E-state index in [0.29, 0.717) is 32.7 Å². The van der Waals surface area contributed by atoms with E-state index in [1.54, 1.807) is 36.4 Å². The maximum Gasteiger partial charge on any atom is 0.269 e. The molecule has 5 nitrogen and oxygen atoms in total. The maximum absolute atomic E-state index is 12.2. The van der Waals surface area contributed by atoms with Gasteiger partial charge in [0.05, 0.1) is 9.95 Å². The Hall–Kier alpha value is -2.89. The first-order chi connectivity index (χ1) is 12.4. The average molecular weight is 388 g/mol. The highest BCUT2D eigenvalue weighted by Crippen LogP contribution is 2.26. The van der Waals surface area contributed by atoms with Crippen LogP contribution < -0.4 is 0 Å². The Morgan fingerprint density at radius 1 is 1.04 bits per heavy atom. The number of halogens is 2. The fraction of sp³-hybridized carbons (Fsp3) is 0. The van der Waals surface area contributed by atoms with E-state index in [0.717, 1.165) is 0 Å². The molecule has 3 rings (SSSR count). The summed E-state index contributed by atoms with van der Waals surface area (Å²) < 4.78 is 5.64. The molecule has 0 bridgehead atoms. The first kappa shape index (κ1) is 17.9. The molecule has 0 N–H and O–H groups in total. The number of benzene rings is 2. The predicted octanol–water partition coefficient (Wildman–Crippen LogP) is 6.06. The Kier molecular flexibility index (Phi) is 5.21. The molecule has 0 amide bonds. The summed E-state index contributed by atoms with van der Waals surface area (Å²) in [6.07, 6.45) is 2.87. The van der Waals surface area contributed by atoms with Crippen molar-refractivity contribution in [3.05, 3.63) is 92.2 Å². The zero-order chi connectivity index (χ0) is 18.7. The van der Waals surface area contributed by atoms with Crippen LogP contribution in [-0.2, 0) is 0 Å². The van der Waals surface area contributed by atoms with Gasteiger partial charge in [0.1, 0.15) is 11.5 Å². The highest BCUT2D eigenvalue weighted by molar-refractivity contribution is 6.36. The number of carbonyl (C=O) groups is 1. The number of furan rings is 1. The van der Waals surface area contributed by atoms with E-state index in [4.69, 9.17) is 27.6 Å². The molecule has 130 valence electrons. The largest absolute Gasteiger partial charge is 0.457 e. The smallest absolute Gasteiger partial charge is 0.269 e. The summed E-state index contributed by atoms with van der Waals surface area (Å²) in [4.78, 5) is 22.5. The molecule has 0 radical (unpaired) electrons. The van der Waals surface area contributed by atoms with Gasteiger partial charge >= 0.3 is 0 Å². The molecule has 0 aliphatic rings. The van der Waals surface area contributed by atoms with E-state index in [9.17, 15) is 14.9 Å². The molecule has 0 spiro atoms. The molecule has 0 saturated heterocycles. The van der Waals surface area contributed by atoms with Gasteiger partial charge in [-0.05, 0) is 54.6 Å². The molecule has 2 aromatic carbocycles. The Labute approximate surface area is 158 Å².